The zero-order valence-corrected chi connectivity index (χ0v) is 15.9. The second-order valence-corrected chi connectivity index (χ2v) is 6.60. The number of benzene rings is 2. The summed E-state index contributed by atoms with van der Waals surface area (Å²) < 4.78 is 15.1. The van der Waals surface area contributed by atoms with Gasteiger partial charge in [-0.15, -0.1) is 0 Å². The Hall–Kier alpha value is -3.74. The molecule has 0 aromatic heterocycles. The summed E-state index contributed by atoms with van der Waals surface area (Å²) >= 11 is 0. The minimum Gasteiger partial charge on any atom is -0.497 e. The van der Waals surface area contributed by atoms with Gasteiger partial charge in [0.05, 0.1) is 21.3 Å². The maximum absolute atomic E-state index is 13.5. The molecule has 0 N–H and O–H groups in total. The van der Waals surface area contributed by atoms with Gasteiger partial charge in [-0.05, 0) is 23.3 Å². The summed E-state index contributed by atoms with van der Waals surface area (Å²) in [5.74, 6) is -2.72. The van der Waals surface area contributed by atoms with Gasteiger partial charge in [0.1, 0.15) is 5.75 Å². The molecule has 2 aliphatic rings. The Kier molecular flexibility index (Phi) is 4.11. The van der Waals surface area contributed by atoms with Crippen LogP contribution in [0.5, 0.6) is 5.75 Å². The van der Waals surface area contributed by atoms with Crippen molar-refractivity contribution in [1.82, 2.24) is 0 Å². The van der Waals surface area contributed by atoms with Gasteiger partial charge in [-0.3, -0.25) is 19.2 Å². The van der Waals surface area contributed by atoms with E-state index in [0.717, 1.165) is 14.2 Å². The van der Waals surface area contributed by atoms with Crippen molar-refractivity contribution in [3.63, 3.8) is 0 Å². The normalized spacial score (nSPS) is 16.0. The summed E-state index contributed by atoms with van der Waals surface area (Å²) in [4.78, 5) is 52.9. The van der Waals surface area contributed by atoms with E-state index in [9.17, 15) is 19.2 Å². The van der Waals surface area contributed by atoms with Crippen LogP contribution in [0.2, 0.25) is 0 Å². The van der Waals surface area contributed by atoms with E-state index in [1.165, 1.54) is 19.2 Å². The number of Topliss-reactive ketones (excluding diaryl/α,β-unsaturated/α-hetero) is 2. The molecule has 0 saturated heterocycles. The first-order chi connectivity index (χ1) is 13.9. The molecule has 7 heteroatoms. The molecule has 4 rings (SSSR count). The summed E-state index contributed by atoms with van der Waals surface area (Å²) in [5, 5.41) is 0. The fraction of sp³-hybridized carbons (Fsp3) is 0.182. The van der Waals surface area contributed by atoms with Crippen molar-refractivity contribution < 1.29 is 33.4 Å². The summed E-state index contributed by atoms with van der Waals surface area (Å²) in [5.41, 5.74) is -1.72. The van der Waals surface area contributed by atoms with Crippen molar-refractivity contribution in [2.45, 2.75) is 5.41 Å². The number of esters is 2. The first-order valence-electron chi connectivity index (χ1n) is 8.72. The Morgan fingerprint density at radius 2 is 1.38 bits per heavy atom. The maximum Gasteiger partial charge on any atom is 0.332 e. The molecule has 2 aromatic rings. The number of hydrogen-bond acceptors (Lipinski definition) is 7. The highest BCUT2D eigenvalue weighted by Crippen LogP contribution is 2.53. The first-order valence-corrected chi connectivity index (χ1v) is 8.72. The summed E-state index contributed by atoms with van der Waals surface area (Å²) in [7, 11) is 3.64. The Balaban J connectivity index is 2.16. The molecule has 0 bridgehead atoms. The van der Waals surface area contributed by atoms with E-state index >= 15 is 0 Å². The third kappa shape index (κ3) is 2.18. The van der Waals surface area contributed by atoms with Crippen LogP contribution in [0.25, 0.3) is 5.57 Å². The Morgan fingerprint density at radius 3 is 1.93 bits per heavy atom. The second-order valence-electron chi connectivity index (χ2n) is 6.60. The predicted molar refractivity (Wildman–Crippen MR) is 101 cm³/mol. The number of ether oxygens (including phenoxy) is 3. The van der Waals surface area contributed by atoms with E-state index < -0.39 is 28.9 Å². The number of methoxy groups -OCH3 is 3. The number of rotatable bonds is 3. The Labute approximate surface area is 165 Å². The van der Waals surface area contributed by atoms with Gasteiger partial charge >= 0.3 is 11.9 Å². The Bertz CT molecular complexity index is 1120. The minimum atomic E-state index is -2.22. The molecule has 29 heavy (non-hydrogen) atoms. The van der Waals surface area contributed by atoms with Gasteiger partial charge in [-0.1, -0.05) is 30.3 Å². The molecule has 2 aliphatic carbocycles. The van der Waals surface area contributed by atoms with E-state index in [-0.39, 0.29) is 27.8 Å². The second kappa shape index (κ2) is 6.41. The van der Waals surface area contributed by atoms with E-state index in [1.807, 2.05) is 0 Å². The van der Waals surface area contributed by atoms with Gasteiger partial charge < -0.3 is 14.2 Å². The lowest BCUT2D eigenvalue weighted by Crippen LogP contribution is -2.48. The molecule has 0 fully saturated rings. The molecule has 0 saturated carbocycles. The van der Waals surface area contributed by atoms with Crippen LogP contribution in [-0.2, 0) is 24.5 Å². The van der Waals surface area contributed by atoms with Gasteiger partial charge in [0.25, 0.3) is 0 Å². The van der Waals surface area contributed by atoms with Crippen molar-refractivity contribution in [1.29, 1.82) is 0 Å². The van der Waals surface area contributed by atoms with Crippen molar-refractivity contribution in [2.24, 2.45) is 0 Å². The van der Waals surface area contributed by atoms with Crippen LogP contribution in [-0.4, -0.2) is 44.8 Å². The van der Waals surface area contributed by atoms with E-state index in [2.05, 4.69) is 0 Å². The van der Waals surface area contributed by atoms with Crippen LogP contribution < -0.4 is 4.74 Å². The number of carbonyl (C=O) groups excluding carboxylic acids is 4. The number of fused-ring (bicyclic) bond motifs is 3. The standard InChI is InChI=1S/C22H16O7/c1-27-11-8-9-14-15(10-11)22(20(25)28-2,21(26)29-3)17-16(14)18(23)12-6-4-5-7-13(12)19(17)24/h4-10H,1-3H3. The van der Waals surface area contributed by atoms with Crippen molar-refractivity contribution in [2.75, 3.05) is 21.3 Å². The molecular formula is C22H16O7. The quantitative estimate of drug-likeness (QED) is 0.583. The van der Waals surface area contributed by atoms with Gasteiger partial charge in [0.15, 0.2) is 11.6 Å². The first kappa shape index (κ1) is 18.6. The fourth-order valence-corrected chi connectivity index (χ4v) is 4.12. The van der Waals surface area contributed by atoms with Gasteiger partial charge in [-0.2, -0.15) is 0 Å². The van der Waals surface area contributed by atoms with Crippen molar-refractivity contribution in [3.8, 4) is 5.75 Å². The molecule has 0 unspecified atom stereocenters. The largest absolute Gasteiger partial charge is 0.497 e. The molecule has 0 amide bonds. The molecule has 0 heterocycles. The number of ketones is 2. The van der Waals surface area contributed by atoms with Crippen LogP contribution in [0, 0.1) is 0 Å². The van der Waals surface area contributed by atoms with Crippen molar-refractivity contribution >= 4 is 29.1 Å². The minimum absolute atomic E-state index is 0.00199. The van der Waals surface area contributed by atoms with E-state index in [0.29, 0.717) is 11.3 Å². The number of allylic oxidation sites excluding steroid dienone is 1. The Morgan fingerprint density at radius 1 is 0.793 bits per heavy atom. The number of carbonyl (C=O) groups is 4. The highest BCUT2D eigenvalue weighted by atomic mass is 16.5. The molecule has 0 atom stereocenters. The van der Waals surface area contributed by atoms with Crippen molar-refractivity contribution in [3.05, 3.63) is 70.3 Å². The third-order valence-electron chi connectivity index (χ3n) is 5.38. The average molecular weight is 392 g/mol. The average Bonchev–Trinajstić information content (AvgIpc) is 3.07. The highest BCUT2D eigenvalue weighted by Gasteiger charge is 2.63. The highest BCUT2D eigenvalue weighted by molar-refractivity contribution is 6.46. The predicted octanol–water partition coefficient (Wildman–Crippen LogP) is 2.13. The van der Waals surface area contributed by atoms with Crippen LogP contribution in [0.15, 0.2) is 48.0 Å². The van der Waals surface area contributed by atoms with Gasteiger partial charge in [0.2, 0.25) is 5.41 Å². The summed E-state index contributed by atoms with van der Waals surface area (Å²) in [6, 6.07) is 10.9. The monoisotopic (exact) mass is 392 g/mol. The lowest BCUT2D eigenvalue weighted by atomic mass is 9.72. The van der Waals surface area contributed by atoms with Crippen LogP contribution in [0.3, 0.4) is 0 Å². The van der Waals surface area contributed by atoms with Gasteiger partial charge in [-0.25, -0.2) is 0 Å². The van der Waals surface area contributed by atoms with Crippen LogP contribution >= 0.6 is 0 Å². The molecule has 0 spiro atoms. The third-order valence-corrected chi connectivity index (χ3v) is 5.38. The fourth-order valence-electron chi connectivity index (χ4n) is 4.12. The number of hydrogen-bond donors (Lipinski definition) is 0. The molecular weight excluding hydrogens is 376 g/mol. The molecule has 0 aliphatic heterocycles. The lowest BCUT2D eigenvalue weighted by molar-refractivity contribution is -0.159. The molecule has 2 aromatic carbocycles. The van der Waals surface area contributed by atoms with Crippen LogP contribution in [0.4, 0.5) is 0 Å². The zero-order chi connectivity index (χ0) is 20.9. The lowest BCUT2D eigenvalue weighted by Gasteiger charge is -2.29. The zero-order valence-electron chi connectivity index (χ0n) is 15.9. The molecule has 146 valence electrons. The molecule has 0 radical (unpaired) electrons. The summed E-state index contributed by atoms with van der Waals surface area (Å²) in [6.45, 7) is 0. The molecule has 7 nitrogen and oxygen atoms in total. The SMILES string of the molecule is COC(=O)C1(C(=O)OC)C2=C(C(=O)c3ccccc3C2=O)c2ccc(OC)cc21. The van der Waals surface area contributed by atoms with Crippen LogP contribution in [0.1, 0.15) is 31.8 Å². The van der Waals surface area contributed by atoms with E-state index in [1.54, 1.807) is 30.3 Å². The van der Waals surface area contributed by atoms with Gasteiger partial charge in [0, 0.05) is 22.3 Å². The smallest absolute Gasteiger partial charge is 0.332 e. The maximum atomic E-state index is 13.5. The summed E-state index contributed by atoms with van der Waals surface area (Å²) in [6.07, 6.45) is 0. The topological polar surface area (TPSA) is 96.0 Å². The van der Waals surface area contributed by atoms with E-state index in [4.69, 9.17) is 14.2 Å².